The summed E-state index contributed by atoms with van der Waals surface area (Å²) in [7, 11) is 0. The lowest BCUT2D eigenvalue weighted by atomic mass is 9.48. The van der Waals surface area contributed by atoms with Crippen LogP contribution in [0.4, 0.5) is 0 Å². The Hall–Kier alpha value is -1.43. The highest BCUT2D eigenvalue weighted by Gasteiger charge is 2.59. The van der Waals surface area contributed by atoms with Gasteiger partial charge in [0.1, 0.15) is 0 Å². The molecule has 0 bridgehead atoms. The maximum atomic E-state index is 12.9. The van der Waals surface area contributed by atoms with Crippen LogP contribution in [0, 0.1) is 17.3 Å². The number of hydrogen-bond acceptors (Lipinski definition) is 5. The predicted molar refractivity (Wildman–Crippen MR) is 96.3 cm³/mol. The van der Waals surface area contributed by atoms with Crippen LogP contribution in [0.5, 0.6) is 0 Å². The van der Waals surface area contributed by atoms with Gasteiger partial charge in [0.25, 0.3) is 0 Å². The molecule has 1 aromatic heterocycles. The van der Waals surface area contributed by atoms with Gasteiger partial charge in [0.15, 0.2) is 5.82 Å². The molecule has 4 fully saturated rings. The van der Waals surface area contributed by atoms with Gasteiger partial charge in [0, 0.05) is 25.4 Å². The van der Waals surface area contributed by atoms with Gasteiger partial charge < -0.3 is 15.2 Å². The molecule has 2 atom stereocenters. The zero-order valence-corrected chi connectivity index (χ0v) is 15.7. The lowest BCUT2D eigenvalue weighted by Gasteiger charge is -2.59. The number of aromatic nitrogens is 2. The molecule has 1 aromatic rings. The summed E-state index contributed by atoms with van der Waals surface area (Å²) in [6, 6.07) is 0. The van der Waals surface area contributed by atoms with Crippen LogP contribution in [0.25, 0.3) is 0 Å². The second-order valence-corrected chi connectivity index (χ2v) is 9.67. The van der Waals surface area contributed by atoms with Crippen LogP contribution in [-0.2, 0) is 11.2 Å². The van der Waals surface area contributed by atoms with E-state index < -0.39 is 5.54 Å². The molecule has 6 nitrogen and oxygen atoms in total. The van der Waals surface area contributed by atoms with Crippen LogP contribution in [-0.4, -0.2) is 39.6 Å². The van der Waals surface area contributed by atoms with Crippen molar-refractivity contribution < 1.29 is 9.32 Å². The van der Waals surface area contributed by atoms with Gasteiger partial charge in [-0.1, -0.05) is 18.5 Å². The lowest BCUT2D eigenvalue weighted by molar-refractivity contribution is -0.153. The highest BCUT2D eigenvalue weighted by Crippen LogP contribution is 2.60. The van der Waals surface area contributed by atoms with Gasteiger partial charge in [0.05, 0.1) is 5.54 Å². The first kappa shape index (κ1) is 16.7. The van der Waals surface area contributed by atoms with Gasteiger partial charge in [-0.25, -0.2) is 0 Å². The quantitative estimate of drug-likeness (QED) is 0.894. The standard InChI is InChI=1S/C20H30N4O2/c1-13-9-15(13)17-22-16(26-23-17)10-14-3-7-24(8-4-14)18(25)20(21)11-19(12-20)5-2-6-19/h13-15H,2-12,21H2,1H3. The SMILES string of the molecule is CC1CC1c1noc(CC2CCN(C(=O)C3(N)CC4(CCC4)C3)CC2)n1. The molecule has 26 heavy (non-hydrogen) atoms. The molecule has 5 rings (SSSR count). The number of hydrogen-bond donors (Lipinski definition) is 1. The zero-order valence-electron chi connectivity index (χ0n) is 15.7. The van der Waals surface area contributed by atoms with Gasteiger partial charge >= 0.3 is 0 Å². The van der Waals surface area contributed by atoms with Crippen molar-refractivity contribution >= 4 is 5.91 Å². The first-order chi connectivity index (χ1) is 12.5. The van der Waals surface area contributed by atoms with Crippen LogP contribution in [0.2, 0.25) is 0 Å². The normalized spacial score (nSPS) is 32.2. The average Bonchev–Trinajstić information content (AvgIpc) is 3.12. The molecular weight excluding hydrogens is 328 g/mol. The molecule has 142 valence electrons. The van der Waals surface area contributed by atoms with Gasteiger partial charge in [-0.3, -0.25) is 4.79 Å². The van der Waals surface area contributed by atoms with E-state index in [1.54, 1.807) is 0 Å². The van der Waals surface area contributed by atoms with Gasteiger partial charge in [-0.05, 0) is 62.2 Å². The van der Waals surface area contributed by atoms with Gasteiger partial charge in [0.2, 0.25) is 11.8 Å². The van der Waals surface area contributed by atoms with Crippen LogP contribution >= 0.6 is 0 Å². The topological polar surface area (TPSA) is 85.2 Å². The first-order valence-electron chi connectivity index (χ1n) is 10.4. The Morgan fingerprint density at radius 1 is 1.31 bits per heavy atom. The van der Waals surface area contributed by atoms with Crippen molar-refractivity contribution in [2.75, 3.05) is 13.1 Å². The second-order valence-electron chi connectivity index (χ2n) is 9.67. The summed E-state index contributed by atoms with van der Waals surface area (Å²) in [6.07, 6.45) is 9.70. The maximum absolute atomic E-state index is 12.9. The zero-order chi connectivity index (χ0) is 17.9. The van der Waals surface area contributed by atoms with E-state index in [1.165, 1.54) is 25.7 Å². The van der Waals surface area contributed by atoms with E-state index in [2.05, 4.69) is 17.1 Å². The van der Waals surface area contributed by atoms with Crippen molar-refractivity contribution in [1.82, 2.24) is 15.0 Å². The van der Waals surface area contributed by atoms with Crippen LogP contribution in [0.3, 0.4) is 0 Å². The minimum atomic E-state index is -0.574. The summed E-state index contributed by atoms with van der Waals surface area (Å²) < 4.78 is 5.45. The Morgan fingerprint density at radius 3 is 2.58 bits per heavy atom. The van der Waals surface area contributed by atoms with Gasteiger partial charge in [-0.2, -0.15) is 4.98 Å². The van der Waals surface area contributed by atoms with Crippen molar-refractivity contribution in [3.05, 3.63) is 11.7 Å². The van der Waals surface area contributed by atoms with Crippen LogP contribution < -0.4 is 5.73 Å². The number of piperidine rings is 1. The fraction of sp³-hybridized carbons (Fsp3) is 0.850. The lowest BCUT2D eigenvalue weighted by Crippen LogP contribution is -2.68. The van der Waals surface area contributed by atoms with Crippen molar-refractivity contribution in [3.8, 4) is 0 Å². The highest BCUT2D eigenvalue weighted by molar-refractivity contribution is 5.87. The van der Waals surface area contributed by atoms with E-state index in [9.17, 15) is 4.79 Å². The molecule has 0 radical (unpaired) electrons. The molecule has 2 heterocycles. The fourth-order valence-electron chi connectivity index (χ4n) is 5.55. The van der Waals surface area contributed by atoms with E-state index >= 15 is 0 Å². The number of carbonyl (C=O) groups is 1. The predicted octanol–water partition coefficient (Wildman–Crippen LogP) is 2.64. The van der Waals surface area contributed by atoms with E-state index in [1.807, 2.05) is 4.90 Å². The largest absolute Gasteiger partial charge is 0.341 e. The molecular formula is C20H30N4O2. The van der Waals surface area contributed by atoms with E-state index in [4.69, 9.17) is 10.3 Å². The third-order valence-corrected chi connectivity index (χ3v) is 7.51. The summed E-state index contributed by atoms with van der Waals surface area (Å²) in [6.45, 7) is 3.86. The summed E-state index contributed by atoms with van der Waals surface area (Å²) in [5.74, 6) is 3.58. The second kappa shape index (κ2) is 5.78. The molecule has 3 saturated carbocycles. The molecule has 3 aliphatic carbocycles. The summed E-state index contributed by atoms with van der Waals surface area (Å²) in [5, 5.41) is 4.15. The molecule has 1 spiro atoms. The Balaban J connectivity index is 1.12. The molecule has 2 N–H and O–H groups in total. The Kier molecular flexibility index (Phi) is 3.72. The van der Waals surface area contributed by atoms with Crippen molar-refractivity contribution in [3.63, 3.8) is 0 Å². The first-order valence-corrected chi connectivity index (χ1v) is 10.4. The molecule has 6 heteroatoms. The number of nitrogens with zero attached hydrogens (tertiary/aromatic N) is 3. The summed E-state index contributed by atoms with van der Waals surface area (Å²) >= 11 is 0. The molecule has 1 amide bonds. The van der Waals surface area contributed by atoms with Crippen LogP contribution in [0.1, 0.15) is 75.9 Å². The molecule has 0 aromatic carbocycles. The Morgan fingerprint density at radius 2 is 2.00 bits per heavy atom. The number of likely N-dealkylation sites (tertiary alicyclic amines) is 1. The third kappa shape index (κ3) is 2.77. The summed E-state index contributed by atoms with van der Waals surface area (Å²) in [4.78, 5) is 19.5. The van der Waals surface area contributed by atoms with Crippen LogP contribution in [0.15, 0.2) is 4.52 Å². The smallest absolute Gasteiger partial charge is 0.242 e. The molecule has 4 aliphatic rings. The van der Waals surface area contributed by atoms with E-state index in [0.717, 1.165) is 56.9 Å². The number of rotatable bonds is 4. The molecule has 2 unspecified atom stereocenters. The third-order valence-electron chi connectivity index (χ3n) is 7.51. The summed E-state index contributed by atoms with van der Waals surface area (Å²) in [5.41, 5.74) is 6.30. The Bertz CT molecular complexity index is 694. The minimum absolute atomic E-state index is 0.191. The van der Waals surface area contributed by atoms with E-state index in [-0.39, 0.29) is 5.91 Å². The minimum Gasteiger partial charge on any atom is -0.341 e. The molecule has 1 aliphatic heterocycles. The van der Waals surface area contributed by atoms with Crippen molar-refractivity contribution in [2.24, 2.45) is 23.0 Å². The number of amides is 1. The maximum Gasteiger partial charge on any atom is 0.242 e. The fourth-order valence-corrected chi connectivity index (χ4v) is 5.55. The van der Waals surface area contributed by atoms with Gasteiger partial charge in [-0.15, -0.1) is 0 Å². The van der Waals surface area contributed by atoms with Crippen molar-refractivity contribution in [2.45, 2.75) is 76.2 Å². The van der Waals surface area contributed by atoms with E-state index in [0.29, 0.717) is 23.2 Å². The van der Waals surface area contributed by atoms with Crippen molar-refractivity contribution in [1.29, 1.82) is 0 Å². The Labute approximate surface area is 154 Å². The molecule has 1 saturated heterocycles. The highest BCUT2D eigenvalue weighted by atomic mass is 16.5. The number of nitrogens with two attached hydrogens (primary N) is 1. The monoisotopic (exact) mass is 358 g/mol. The average molecular weight is 358 g/mol. The number of carbonyl (C=O) groups excluding carboxylic acids is 1.